The van der Waals surface area contributed by atoms with Crippen LogP contribution in [0.2, 0.25) is 0 Å². The van der Waals surface area contributed by atoms with Gasteiger partial charge in [-0.1, -0.05) is 20.3 Å². The minimum absolute atomic E-state index is 0. The summed E-state index contributed by atoms with van der Waals surface area (Å²) >= 11 is 0. The molecular formula is C15H25ClN2O2. The highest BCUT2D eigenvalue weighted by Gasteiger charge is 2.04. The summed E-state index contributed by atoms with van der Waals surface area (Å²) in [5.41, 5.74) is 0.666. The molecule has 0 heterocycles. The summed E-state index contributed by atoms with van der Waals surface area (Å²) in [7, 11) is 0. The van der Waals surface area contributed by atoms with Crippen molar-refractivity contribution in [3.05, 3.63) is 29.8 Å². The third-order valence-electron chi connectivity index (χ3n) is 2.72. The van der Waals surface area contributed by atoms with E-state index in [1.807, 2.05) is 19.1 Å². The van der Waals surface area contributed by atoms with Gasteiger partial charge in [0.2, 0.25) is 0 Å². The monoisotopic (exact) mass is 300 g/mol. The second kappa shape index (κ2) is 11.6. The maximum absolute atomic E-state index is 11.8. The summed E-state index contributed by atoms with van der Waals surface area (Å²) in [5.74, 6) is 0.774. The van der Waals surface area contributed by atoms with Crippen LogP contribution in [0.25, 0.3) is 0 Å². The first kappa shape index (κ1) is 18.7. The Hall–Kier alpha value is -1.26. The molecule has 0 aliphatic carbocycles. The molecular weight excluding hydrogens is 276 g/mol. The van der Waals surface area contributed by atoms with Crippen LogP contribution in [0, 0.1) is 0 Å². The van der Waals surface area contributed by atoms with Gasteiger partial charge in [-0.25, -0.2) is 0 Å². The van der Waals surface area contributed by atoms with E-state index in [1.165, 1.54) is 0 Å². The number of hydrogen-bond donors (Lipinski definition) is 2. The summed E-state index contributed by atoms with van der Waals surface area (Å²) in [6.45, 7) is 7.25. The number of rotatable bonds is 9. The number of hydrogen-bond acceptors (Lipinski definition) is 3. The number of carbonyl (C=O) groups is 1. The molecule has 0 radical (unpaired) electrons. The SMILES string of the molecule is CCCCOc1ccc(C(=O)NCCNCC)cc1.Cl. The second-order valence-corrected chi connectivity index (χ2v) is 4.34. The Labute approximate surface area is 127 Å². The van der Waals surface area contributed by atoms with Crippen LogP contribution in [0.3, 0.4) is 0 Å². The molecule has 0 spiro atoms. The average molecular weight is 301 g/mol. The number of unbranched alkanes of at least 4 members (excludes halogenated alkanes) is 1. The first-order valence-electron chi connectivity index (χ1n) is 6.99. The van der Waals surface area contributed by atoms with E-state index in [1.54, 1.807) is 12.1 Å². The standard InChI is InChI=1S/C15H24N2O2.ClH/c1-3-5-12-19-14-8-6-13(7-9-14)15(18)17-11-10-16-4-2;/h6-9,16H,3-5,10-12H2,1-2H3,(H,17,18);1H. The molecule has 0 fully saturated rings. The third-order valence-corrected chi connectivity index (χ3v) is 2.72. The predicted molar refractivity (Wildman–Crippen MR) is 85.0 cm³/mol. The zero-order chi connectivity index (χ0) is 13.9. The van der Waals surface area contributed by atoms with Crippen molar-refractivity contribution in [1.29, 1.82) is 0 Å². The molecule has 0 atom stereocenters. The number of carbonyl (C=O) groups excluding carboxylic acids is 1. The smallest absolute Gasteiger partial charge is 0.251 e. The average Bonchev–Trinajstić information content (AvgIpc) is 2.44. The van der Waals surface area contributed by atoms with Crippen molar-refractivity contribution in [1.82, 2.24) is 10.6 Å². The van der Waals surface area contributed by atoms with Gasteiger partial charge in [-0.2, -0.15) is 0 Å². The number of ether oxygens (including phenoxy) is 1. The molecule has 20 heavy (non-hydrogen) atoms. The lowest BCUT2D eigenvalue weighted by atomic mass is 10.2. The molecule has 0 bridgehead atoms. The molecule has 0 saturated carbocycles. The normalized spacial score (nSPS) is 9.70. The zero-order valence-corrected chi connectivity index (χ0v) is 13.1. The highest BCUT2D eigenvalue weighted by Crippen LogP contribution is 2.12. The Morgan fingerprint density at radius 2 is 1.85 bits per heavy atom. The van der Waals surface area contributed by atoms with Crippen molar-refractivity contribution in [3.63, 3.8) is 0 Å². The van der Waals surface area contributed by atoms with Gasteiger partial charge in [0.25, 0.3) is 5.91 Å². The van der Waals surface area contributed by atoms with Crippen molar-refractivity contribution in [2.75, 3.05) is 26.2 Å². The molecule has 4 nitrogen and oxygen atoms in total. The third kappa shape index (κ3) is 7.36. The van der Waals surface area contributed by atoms with E-state index in [9.17, 15) is 4.79 Å². The van der Waals surface area contributed by atoms with Crippen molar-refractivity contribution >= 4 is 18.3 Å². The second-order valence-electron chi connectivity index (χ2n) is 4.34. The van der Waals surface area contributed by atoms with Gasteiger partial charge in [0.1, 0.15) is 5.75 Å². The van der Waals surface area contributed by atoms with E-state index < -0.39 is 0 Å². The summed E-state index contributed by atoms with van der Waals surface area (Å²) in [6.07, 6.45) is 2.17. The minimum atomic E-state index is -0.0435. The highest BCUT2D eigenvalue weighted by molar-refractivity contribution is 5.94. The van der Waals surface area contributed by atoms with Gasteiger partial charge in [-0.05, 0) is 37.2 Å². The molecule has 1 amide bonds. The number of amides is 1. The van der Waals surface area contributed by atoms with E-state index in [2.05, 4.69) is 17.6 Å². The fourth-order valence-electron chi connectivity index (χ4n) is 1.58. The maximum atomic E-state index is 11.8. The van der Waals surface area contributed by atoms with Gasteiger partial charge < -0.3 is 15.4 Å². The Kier molecular flexibility index (Phi) is 10.8. The van der Waals surface area contributed by atoms with E-state index in [-0.39, 0.29) is 18.3 Å². The lowest BCUT2D eigenvalue weighted by Gasteiger charge is -2.07. The fraction of sp³-hybridized carbons (Fsp3) is 0.533. The number of benzene rings is 1. The first-order valence-corrected chi connectivity index (χ1v) is 6.99. The molecule has 0 unspecified atom stereocenters. The Balaban J connectivity index is 0.00000361. The summed E-state index contributed by atoms with van der Waals surface area (Å²) in [5, 5.41) is 6.02. The largest absolute Gasteiger partial charge is 0.494 e. The molecule has 1 rings (SSSR count). The highest BCUT2D eigenvalue weighted by atomic mass is 35.5. The van der Waals surface area contributed by atoms with Crippen LogP contribution in [0.5, 0.6) is 5.75 Å². The topological polar surface area (TPSA) is 50.4 Å². The number of halogens is 1. The lowest BCUT2D eigenvalue weighted by molar-refractivity contribution is 0.0954. The maximum Gasteiger partial charge on any atom is 0.251 e. The van der Waals surface area contributed by atoms with Gasteiger partial charge in [0, 0.05) is 18.7 Å². The molecule has 0 aromatic heterocycles. The van der Waals surface area contributed by atoms with Crippen LogP contribution >= 0.6 is 12.4 Å². The molecule has 0 aliphatic rings. The van der Waals surface area contributed by atoms with Gasteiger partial charge in [0.15, 0.2) is 0 Å². The van der Waals surface area contributed by atoms with Gasteiger partial charge in [-0.15, -0.1) is 12.4 Å². The molecule has 5 heteroatoms. The van der Waals surface area contributed by atoms with Gasteiger partial charge in [-0.3, -0.25) is 4.79 Å². The van der Waals surface area contributed by atoms with Crippen LogP contribution < -0.4 is 15.4 Å². The Morgan fingerprint density at radius 1 is 1.15 bits per heavy atom. The number of likely N-dealkylation sites (N-methyl/N-ethyl adjacent to an activating group) is 1. The summed E-state index contributed by atoms with van der Waals surface area (Å²) in [6, 6.07) is 7.28. The molecule has 1 aromatic rings. The Morgan fingerprint density at radius 3 is 2.45 bits per heavy atom. The molecule has 2 N–H and O–H groups in total. The van der Waals surface area contributed by atoms with E-state index >= 15 is 0 Å². The predicted octanol–water partition coefficient (Wildman–Crippen LogP) is 2.63. The van der Waals surface area contributed by atoms with Crippen molar-refractivity contribution in [2.24, 2.45) is 0 Å². The minimum Gasteiger partial charge on any atom is -0.494 e. The van der Waals surface area contributed by atoms with E-state index in [4.69, 9.17) is 4.74 Å². The van der Waals surface area contributed by atoms with Crippen molar-refractivity contribution in [2.45, 2.75) is 26.7 Å². The van der Waals surface area contributed by atoms with Crippen molar-refractivity contribution < 1.29 is 9.53 Å². The van der Waals surface area contributed by atoms with Crippen molar-refractivity contribution in [3.8, 4) is 5.75 Å². The fourth-order valence-corrected chi connectivity index (χ4v) is 1.58. The first-order chi connectivity index (χ1) is 9.27. The van der Waals surface area contributed by atoms with E-state index in [0.717, 1.165) is 38.3 Å². The number of nitrogens with one attached hydrogen (secondary N) is 2. The summed E-state index contributed by atoms with van der Waals surface area (Å²) in [4.78, 5) is 11.8. The van der Waals surface area contributed by atoms with Gasteiger partial charge in [0.05, 0.1) is 6.61 Å². The Bertz CT molecular complexity index is 369. The molecule has 1 aromatic carbocycles. The van der Waals surface area contributed by atoms with Crippen LogP contribution in [0.15, 0.2) is 24.3 Å². The van der Waals surface area contributed by atoms with Gasteiger partial charge >= 0.3 is 0 Å². The van der Waals surface area contributed by atoms with Crippen LogP contribution in [-0.4, -0.2) is 32.1 Å². The van der Waals surface area contributed by atoms with Crippen LogP contribution in [-0.2, 0) is 0 Å². The molecule has 0 saturated heterocycles. The quantitative estimate of drug-likeness (QED) is 0.689. The lowest BCUT2D eigenvalue weighted by Crippen LogP contribution is -2.31. The van der Waals surface area contributed by atoms with Crippen LogP contribution in [0.1, 0.15) is 37.0 Å². The van der Waals surface area contributed by atoms with Crippen LogP contribution in [0.4, 0.5) is 0 Å². The van der Waals surface area contributed by atoms with E-state index in [0.29, 0.717) is 12.1 Å². The molecule has 0 aliphatic heterocycles. The molecule has 114 valence electrons. The summed E-state index contributed by atoms with van der Waals surface area (Å²) < 4.78 is 5.55. The zero-order valence-electron chi connectivity index (χ0n) is 12.3.